The number of hydrogen-bond acceptors (Lipinski definition) is 7. The van der Waals surface area contributed by atoms with E-state index in [1.54, 1.807) is 12.4 Å². The van der Waals surface area contributed by atoms with Gasteiger partial charge in [-0.1, -0.05) is 25.7 Å². The minimum atomic E-state index is -1.11. The molecule has 0 fully saturated rings. The van der Waals surface area contributed by atoms with E-state index >= 15 is 0 Å². The maximum Gasteiger partial charge on any atom is 0.219 e. The molecule has 3 heterocycles. The first-order valence-corrected chi connectivity index (χ1v) is 15.8. The molecule has 0 bridgehead atoms. The first kappa shape index (κ1) is 25.5. The fourth-order valence-electron chi connectivity index (χ4n) is 3.59. The molecule has 0 aliphatic heterocycles. The number of pyridine rings is 2. The molecular weight excluding hydrogens is 468 g/mol. The summed E-state index contributed by atoms with van der Waals surface area (Å²) in [6, 6.07) is 18.9. The molecule has 0 saturated carbocycles. The fourth-order valence-corrected chi connectivity index (χ4v) is 4.35. The summed E-state index contributed by atoms with van der Waals surface area (Å²) in [7, 11) is -1.11. The lowest BCUT2D eigenvalue weighted by Crippen LogP contribution is -2.22. The maximum atomic E-state index is 8.63. The second-order valence-corrected chi connectivity index (χ2v) is 15.4. The molecule has 4 rings (SSSR count). The molecule has 0 amide bonds. The van der Waals surface area contributed by atoms with Crippen LogP contribution in [0.3, 0.4) is 0 Å². The third kappa shape index (κ3) is 7.21. The van der Waals surface area contributed by atoms with Gasteiger partial charge in [0.25, 0.3) is 0 Å². The van der Waals surface area contributed by atoms with E-state index in [1.807, 2.05) is 53.2 Å². The van der Waals surface area contributed by atoms with Gasteiger partial charge in [-0.2, -0.15) is 10.4 Å². The van der Waals surface area contributed by atoms with E-state index in [0.29, 0.717) is 37.9 Å². The van der Waals surface area contributed by atoms with Crippen LogP contribution >= 0.6 is 0 Å². The van der Waals surface area contributed by atoms with Gasteiger partial charge < -0.3 is 14.8 Å². The van der Waals surface area contributed by atoms with E-state index in [4.69, 9.17) is 14.7 Å². The Morgan fingerprint density at radius 3 is 2.75 bits per heavy atom. The molecule has 0 saturated heterocycles. The smallest absolute Gasteiger partial charge is 0.219 e. The van der Waals surface area contributed by atoms with Gasteiger partial charge in [0, 0.05) is 63.6 Å². The number of rotatable bonds is 12. The first-order valence-electron chi connectivity index (χ1n) is 12.1. The number of hydrogen-bond donors (Lipinski definition) is 1. The maximum absolute atomic E-state index is 8.63. The Labute approximate surface area is 212 Å². The largest absolute Gasteiger partial charge is 0.439 e. The van der Waals surface area contributed by atoms with Crippen LogP contribution in [0.4, 0.5) is 0 Å². The van der Waals surface area contributed by atoms with Crippen molar-refractivity contribution in [1.29, 1.82) is 5.26 Å². The Morgan fingerprint density at radius 1 is 1.08 bits per heavy atom. The standard InChI is InChI=1S/C27H32N6O2Si/c1-36(2,3)16-15-34-20-33-26(11-14-31-33)22-6-10-27(30-18-22)35-24-8-9-25-21(17-24)5-7-23(32-25)19-29-13-4-12-28/h5-11,14,17-18,29H,4,13,15-16,19-20H2,1-3H3. The van der Waals surface area contributed by atoms with Crippen molar-refractivity contribution in [2.45, 2.75) is 45.4 Å². The van der Waals surface area contributed by atoms with E-state index in [1.165, 1.54) is 0 Å². The SMILES string of the molecule is C[Si](C)(C)CCOCn1nccc1-c1ccc(Oc2ccc3nc(CNCCC#N)ccc3c2)nc1. The third-order valence-corrected chi connectivity index (χ3v) is 7.32. The van der Waals surface area contributed by atoms with Gasteiger partial charge in [-0.05, 0) is 42.4 Å². The van der Waals surface area contributed by atoms with Gasteiger partial charge in [0.1, 0.15) is 12.5 Å². The summed E-state index contributed by atoms with van der Waals surface area (Å²) in [6.45, 7) is 9.50. The number of fused-ring (bicyclic) bond motifs is 1. The molecule has 1 N–H and O–H groups in total. The van der Waals surface area contributed by atoms with E-state index in [-0.39, 0.29) is 0 Å². The molecule has 1 aromatic carbocycles. The second-order valence-electron chi connectivity index (χ2n) is 9.79. The van der Waals surface area contributed by atoms with Gasteiger partial charge in [-0.15, -0.1) is 0 Å². The van der Waals surface area contributed by atoms with Gasteiger partial charge in [0.15, 0.2) is 0 Å². The van der Waals surface area contributed by atoms with Crippen molar-refractivity contribution in [1.82, 2.24) is 25.1 Å². The molecular formula is C27H32N6O2Si. The van der Waals surface area contributed by atoms with Crippen molar-refractivity contribution in [2.75, 3.05) is 13.2 Å². The van der Waals surface area contributed by atoms with Crippen LogP contribution in [0.2, 0.25) is 25.7 Å². The minimum Gasteiger partial charge on any atom is -0.439 e. The Morgan fingerprint density at radius 2 is 1.97 bits per heavy atom. The Hall–Kier alpha value is -3.58. The van der Waals surface area contributed by atoms with E-state index in [0.717, 1.165) is 40.5 Å². The third-order valence-electron chi connectivity index (χ3n) is 5.62. The zero-order chi connectivity index (χ0) is 25.4. The van der Waals surface area contributed by atoms with Gasteiger partial charge in [0.05, 0.1) is 23.0 Å². The van der Waals surface area contributed by atoms with Gasteiger partial charge >= 0.3 is 0 Å². The molecule has 3 aromatic heterocycles. The Balaban J connectivity index is 1.37. The Kier molecular flexibility index (Phi) is 8.43. The highest BCUT2D eigenvalue weighted by atomic mass is 28.3. The predicted octanol–water partition coefficient (Wildman–Crippen LogP) is 5.60. The average molecular weight is 501 g/mol. The highest BCUT2D eigenvalue weighted by molar-refractivity contribution is 6.76. The zero-order valence-electron chi connectivity index (χ0n) is 21.1. The number of nitriles is 1. The predicted molar refractivity (Wildman–Crippen MR) is 143 cm³/mol. The second kappa shape index (κ2) is 11.9. The van der Waals surface area contributed by atoms with Crippen LogP contribution in [0.25, 0.3) is 22.2 Å². The highest BCUT2D eigenvalue weighted by Gasteiger charge is 2.13. The number of nitrogens with zero attached hydrogens (tertiary/aromatic N) is 5. The normalized spacial score (nSPS) is 11.5. The first-order chi connectivity index (χ1) is 17.4. The number of benzene rings is 1. The van der Waals surface area contributed by atoms with Crippen LogP contribution in [0.1, 0.15) is 12.1 Å². The summed E-state index contributed by atoms with van der Waals surface area (Å²) < 4.78 is 13.7. The average Bonchev–Trinajstić information content (AvgIpc) is 3.33. The van der Waals surface area contributed by atoms with Crippen LogP contribution in [0.15, 0.2) is 60.9 Å². The molecule has 9 heteroatoms. The quantitative estimate of drug-likeness (QED) is 0.200. The molecule has 0 atom stereocenters. The molecule has 0 radical (unpaired) electrons. The van der Waals surface area contributed by atoms with Crippen LogP contribution in [0.5, 0.6) is 11.6 Å². The summed E-state index contributed by atoms with van der Waals surface area (Å²) in [5.74, 6) is 1.21. The molecule has 0 aliphatic carbocycles. The number of aromatic nitrogens is 4. The van der Waals surface area contributed by atoms with Crippen LogP contribution in [0, 0.1) is 11.3 Å². The van der Waals surface area contributed by atoms with E-state index in [9.17, 15) is 0 Å². The summed E-state index contributed by atoms with van der Waals surface area (Å²) in [6.07, 6.45) is 4.05. The lowest BCUT2D eigenvalue weighted by atomic mass is 10.2. The summed E-state index contributed by atoms with van der Waals surface area (Å²) >= 11 is 0. The van der Waals surface area contributed by atoms with E-state index in [2.05, 4.69) is 46.1 Å². The minimum absolute atomic E-state index is 0.424. The van der Waals surface area contributed by atoms with Crippen LogP contribution in [-0.4, -0.2) is 41.0 Å². The summed E-state index contributed by atoms with van der Waals surface area (Å²) in [5.41, 5.74) is 3.74. The summed E-state index contributed by atoms with van der Waals surface area (Å²) in [5, 5.41) is 17.2. The van der Waals surface area contributed by atoms with Crippen LogP contribution in [-0.2, 0) is 18.0 Å². The van der Waals surface area contributed by atoms with Gasteiger partial charge in [-0.25, -0.2) is 9.67 Å². The van der Waals surface area contributed by atoms with Crippen molar-refractivity contribution in [3.63, 3.8) is 0 Å². The molecule has 0 spiro atoms. The zero-order valence-corrected chi connectivity index (χ0v) is 22.1. The number of nitrogens with one attached hydrogen (secondary N) is 1. The van der Waals surface area contributed by atoms with E-state index < -0.39 is 8.07 Å². The highest BCUT2D eigenvalue weighted by Crippen LogP contribution is 2.26. The lowest BCUT2D eigenvalue weighted by molar-refractivity contribution is 0.0798. The topological polar surface area (TPSA) is 97.9 Å². The monoisotopic (exact) mass is 500 g/mol. The fraction of sp³-hybridized carbons (Fsp3) is 0.333. The Bertz CT molecular complexity index is 1320. The summed E-state index contributed by atoms with van der Waals surface area (Å²) in [4.78, 5) is 9.17. The molecule has 0 aliphatic rings. The molecule has 4 aromatic rings. The number of ether oxygens (including phenoxy) is 2. The van der Waals surface area contributed by atoms with Crippen molar-refractivity contribution < 1.29 is 9.47 Å². The lowest BCUT2D eigenvalue weighted by Gasteiger charge is -2.16. The van der Waals surface area contributed by atoms with Crippen LogP contribution < -0.4 is 10.1 Å². The van der Waals surface area contributed by atoms with Crippen molar-refractivity contribution in [3.05, 3.63) is 66.6 Å². The van der Waals surface area contributed by atoms with Crippen molar-refractivity contribution in [3.8, 4) is 29.0 Å². The van der Waals surface area contributed by atoms with Crippen molar-refractivity contribution >= 4 is 19.0 Å². The molecule has 36 heavy (non-hydrogen) atoms. The molecule has 0 unspecified atom stereocenters. The molecule has 8 nitrogen and oxygen atoms in total. The van der Waals surface area contributed by atoms with Gasteiger partial charge in [-0.3, -0.25) is 4.98 Å². The molecule has 186 valence electrons. The van der Waals surface area contributed by atoms with Gasteiger partial charge in [0.2, 0.25) is 5.88 Å². The van der Waals surface area contributed by atoms with Crippen molar-refractivity contribution in [2.24, 2.45) is 0 Å².